The van der Waals surface area contributed by atoms with Crippen LogP contribution in [0.15, 0.2) is 71.1 Å². The summed E-state index contributed by atoms with van der Waals surface area (Å²) in [7, 11) is 5.50. The summed E-state index contributed by atoms with van der Waals surface area (Å²) < 4.78 is 38.5. The van der Waals surface area contributed by atoms with E-state index in [0.29, 0.717) is 51.3 Å². The molecule has 0 aliphatic carbocycles. The number of nitro benzene ring substituents is 1. The molecule has 0 saturated heterocycles. The summed E-state index contributed by atoms with van der Waals surface area (Å²) in [6.07, 6.45) is 3.23. The monoisotopic (exact) mass is 756 g/mol. The Morgan fingerprint density at radius 3 is 2.15 bits per heavy atom. The molecule has 3 aromatic carbocycles. The summed E-state index contributed by atoms with van der Waals surface area (Å²) in [4.78, 5) is 49.1. The lowest BCUT2D eigenvalue weighted by atomic mass is 9.79. The van der Waals surface area contributed by atoms with Crippen molar-refractivity contribution in [2.24, 2.45) is 0 Å². The molecule has 2 N–H and O–H groups in total. The molecule has 0 aromatic heterocycles. The van der Waals surface area contributed by atoms with Crippen LogP contribution in [0.2, 0.25) is 0 Å². The first kappa shape index (κ1) is 38.2. The van der Waals surface area contributed by atoms with Crippen molar-refractivity contribution < 1.29 is 57.6 Å². The average molecular weight is 757 g/mol. The number of nitrogens with zero attached hydrogens (tertiary/aromatic N) is 1. The summed E-state index contributed by atoms with van der Waals surface area (Å²) in [5.74, 6) is -0.987. The van der Waals surface area contributed by atoms with Gasteiger partial charge in [0.2, 0.25) is 0 Å². The van der Waals surface area contributed by atoms with Crippen molar-refractivity contribution in [3.63, 3.8) is 0 Å². The van der Waals surface area contributed by atoms with Gasteiger partial charge in [0.1, 0.15) is 46.9 Å². The molecule has 2 unspecified atom stereocenters. The van der Waals surface area contributed by atoms with Crippen LogP contribution in [-0.2, 0) is 19.1 Å². The number of ketones is 1. The van der Waals surface area contributed by atoms with Crippen LogP contribution in [-0.4, -0.2) is 74.5 Å². The van der Waals surface area contributed by atoms with Gasteiger partial charge >= 0.3 is 11.9 Å². The number of fused-ring (bicyclic) bond motifs is 6. The summed E-state index contributed by atoms with van der Waals surface area (Å²) >= 11 is 0. The lowest BCUT2D eigenvalue weighted by Gasteiger charge is -2.39. The number of nitro groups is 1. The van der Waals surface area contributed by atoms with Crippen LogP contribution < -0.4 is 29.0 Å². The topological polar surface area (TPSA) is 191 Å². The molecule has 15 heteroatoms. The van der Waals surface area contributed by atoms with E-state index >= 15 is 0 Å². The van der Waals surface area contributed by atoms with E-state index < -0.39 is 40.4 Å². The van der Waals surface area contributed by atoms with E-state index in [2.05, 4.69) is 5.32 Å². The Hall–Kier alpha value is -6.51. The van der Waals surface area contributed by atoms with Crippen molar-refractivity contribution in [3.05, 3.63) is 103 Å². The minimum absolute atomic E-state index is 0.128. The quantitative estimate of drug-likeness (QED) is 0.172. The number of rotatable bonds is 6. The van der Waals surface area contributed by atoms with Crippen LogP contribution in [0, 0.1) is 10.1 Å². The van der Waals surface area contributed by atoms with Gasteiger partial charge < -0.3 is 43.6 Å². The Labute approximate surface area is 316 Å². The van der Waals surface area contributed by atoms with Crippen LogP contribution in [0.3, 0.4) is 0 Å². The van der Waals surface area contributed by atoms with Crippen LogP contribution in [0.5, 0.6) is 34.5 Å². The number of hydrogen-bond acceptors (Lipinski definition) is 14. The highest BCUT2D eigenvalue weighted by Crippen LogP contribution is 2.52. The average Bonchev–Trinajstić information content (AvgIpc) is 3.15. The van der Waals surface area contributed by atoms with Crippen molar-refractivity contribution in [2.75, 3.05) is 35.0 Å². The Morgan fingerprint density at radius 2 is 1.55 bits per heavy atom. The van der Waals surface area contributed by atoms with Gasteiger partial charge in [0.25, 0.3) is 5.69 Å². The second-order valence-corrected chi connectivity index (χ2v) is 13.5. The van der Waals surface area contributed by atoms with Gasteiger partial charge in [-0.25, -0.2) is 9.59 Å². The van der Waals surface area contributed by atoms with Crippen molar-refractivity contribution in [1.29, 1.82) is 0 Å². The third-order valence-corrected chi connectivity index (χ3v) is 9.72. The number of ether oxygens (including phenoxy) is 7. The number of hydrogen-bond donors (Lipinski definition) is 2. The molecular weight excluding hydrogens is 716 g/mol. The zero-order chi connectivity index (χ0) is 39.9. The molecular formula is C40H40N2O13. The van der Waals surface area contributed by atoms with Gasteiger partial charge in [-0.2, -0.15) is 0 Å². The highest BCUT2D eigenvalue weighted by Gasteiger charge is 2.47. The van der Waals surface area contributed by atoms with Gasteiger partial charge in [-0.3, -0.25) is 14.9 Å². The highest BCUT2D eigenvalue weighted by atomic mass is 16.6. The van der Waals surface area contributed by atoms with Gasteiger partial charge in [0.05, 0.1) is 61.9 Å². The SMILES string of the molecule is COC(=O)C1=C(C)NC(C)=C(C(=O)OC)C1c1ccccc1[N+](=O)[O-].COc1cc2c(cc1OC)C1C(=O)c3c(O)cc4c(c3OC1CO2)C=CC(C)(C)O4. The lowest BCUT2D eigenvalue weighted by Crippen LogP contribution is -2.43. The maximum atomic E-state index is 13.6. The minimum atomic E-state index is -0.970. The number of nitrogens with one attached hydrogen (secondary N) is 1. The molecule has 288 valence electrons. The standard InChI is InChI=1S/C23H22O7.C17H18N2O6/c1-23(2)6-5-11-15(30-23)8-13(24)20-21(25)19-12-7-16(26-3)17(27-4)9-14(12)28-10-18(19)29-22(11)20;1-9-13(16(20)24-3)15(14(10(2)18-9)17(21)25-4)11-7-5-6-8-12(11)19(22)23/h5-9,18-19,24H,10H2,1-4H3;5-8,15,18H,1-4H3. The van der Waals surface area contributed by atoms with E-state index in [9.17, 15) is 29.6 Å². The molecule has 3 aromatic rings. The molecule has 7 rings (SSSR count). The summed E-state index contributed by atoms with van der Waals surface area (Å²) in [6.45, 7) is 7.31. The largest absolute Gasteiger partial charge is 0.507 e. The van der Waals surface area contributed by atoms with Gasteiger partial charge in [-0.05, 0) is 45.9 Å². The number of esters is 2. The molecule has 0 amide bonds. The zero-order valence-electron chi connectivity index (χ0n) is 31.4. The van der Waals surface area contributed by atoms with E-state index in [-0.39, 0.29) is 46.1 Å². The second-order valence-electron chi connectivity index (χ2n) is 13.5. The fraction of sp³-hybridized carbons (Fsp3) is 0.325. The Balaban J connectivity index is 0.000000191. The maximum Gasteiger partial charge on any atom is 0.336 e. The molecule has 0 saturated carbocycles. The Morgan fingerprint density at radius 1 is 0.927 bits per heavy atom. The van der Waals surface area contributed by atoms with Crippen molar-refractivity contribution in [3.8, 4) is 34.5 Å². The summed E-state index contributed by atoms with van der Waals surface area (Å²) in [6, 6.07) is 10.9. The van der Waals surface area contributed by atoms with E-state index in [4.69, 9.17) is 33.2 Å². The number of aromatic hydroxyl groups is 1. The predicted molar refractivity (Wildman–Crippen MR) is 197 cm³/mol. The minimum Gasteiger partial charge on any atom is -0.507 e. The Bertz CT molecular complexity index is 2180. The number of carbonyl (C=O) groups is 3. The maximum absolute atomic E-state index is 13.6. The molecule has 0 fully saturated rings. The number of benzene rings is 3. The molecule has 55 heavy (non-hydrogen) atoms. The van der Waals surface area contributed by atoms with Crippen molar-refractivity contribution >= 4 is 29.5 Å². The van der Waals surface area contributed by atoms with Gasteiger partial charge in [-0.15, -0.1) is 0 Å². The first-order chi connectivity index (χ1) is 26.2. The van der Waals surface area contributed by atoms with Crippen LogP contribution >= 0.6 is 0 Å². The number of para-hydroxylation sites is 1. The molecule has 4 aliphatic rings. The highest BCUT2D eigenvalue weighted by molar-refractivity contribution is 6.08. The van der Waals surface area contributed by atoms with E-state index in [1.165, 1.54) is 45.6 Å². The van der Waals surface area contributed by atoms with Gasteiger partial charge in [0, 0.05) is 40.7 Å². The lowest BCUT2D eigenvalue weighted by molar-refractivity contribution is -0.385. The molecule has 4 heterocycles. The molecule has 0 radical (unpaired) electrons. The van der Waals surface area contributed by atoms with E-state index in [0.717, 1.165) is 0 Å². The normalized spacial score (nSPS) is 18.9. The van der Waals surface area contributed by atoms with Crippen LogP contribution in [0.1, 0.15) is 66.6 Å². The fourth-order valence-corrected chi connectivity index (χ4v) is 7.24. The Kier molecular flexibility index (Phi) is 10.2. The number of allylic oxidation sites excluding steroid dienone is 2. The fourth-order valence-electron chi connectivity index (χ4n) is 7.24. The molecule has 0 spiro atoms. The van der Waals surface area contributed by atoms with Crippen LogP contribution in [0.4, 0.5) is 5.69 Å². The third kappa shape index (κ3) is 6.77. The third-order valence-electron chi connectivity index (χ3n) is 9.72. The van der Waals surface area contributed by atoms with Gasteiger partial charge in [0.15, 0.2) is 17.3 Å². The van der Waals surface area contributed by atoms with Crippen molar-refractivity contribution in [2.45, 2.75) is 51.2 Å². The number of dihydropyridines is 1. The first-order valence-corrected chi connectivity index (χ1v) is 17.1. The molecule has 2 atom stereocenters. The van der Waals surface area contributed by atoms with E-state index in [1.54, 1.807) is 39.2 Å². The van der Waals surface area contributed by atoms with Gasteiger partial charge in [-0.1, -0.05) is 18.2 Å². The second kappa shape index (κ2) is 14.7. The van der Waals surface area contributed by atoms with Crippen LogP contribution in [0.25, 0.3) is 6.08 Å². The smallest absolute Gasteiger partial charge is 0.336 e. The molecule has 15 nitrogen and oxygen atoms in total. The molecule has 0 bridgehead atoms. The predicted octanol–water partition coefficient (Wildman–Crippen LogP) is 5.89. The summed E-state index contributed by atoms with van der Waals surface area (Å²) in [5, 5.41) is 25.1. The summed E-state index contributed by atoms with van der Waals surface area (Å²) in [5.41, 5.74) is 2.12. The number of phenols is 1. The van der Waals surface area contributed by atoms with Crippen molar-refractivity contribution in [1.82, 2.24) is 5.32 Å². The number of phenolic OH excluding ortho intramolecular Hbond substituents is 1. The zero-order valence-corrected chi connectivity index (χ0v) is 31.4. The number of Topliss-reactive ketones (excluding diaryl/α,β-unsaturated/α-hetero) is 1. The number of carbonyl (C=O) groups excluding carboxylic acids is 3. The number of methoxy groups -OCH3 is 4. The molecule has 4 aliphatic heterocycles. The first-order valence-electron chi connectivity index (χ1n) is 17.1. The van der Waals surface area contributed by atoms with E-state index in [1.807, 2.05) is 26.0 Å².